The summed E-state index contributed by atoms with van der Waals surface area (Å²) < 4.78 is 16.6. The molecular weight excluding hydrogens is 426 g/mol. The molecule has 6 nitrogen and oxygen atoms in total. The Kier molecular flexibility index (Phi) is 7.59. The smallest absolute Gasteiger partial charge is 0.336 e. The van der Waals surface area contributed by atoms with Gasteiger partial charge in [-0.05, 0) is 30.6 Å². The lowest BCUT2D eigenvalue weighted by Crippen LogP contribution is -2.38. The number of esters is 1. The molecule has 0 fully saturated rings. The first kappa shape index (κ1) is 24.2. The number of benzene rings is 1. The van der Waals surface area contributed by atoms with Crippen molar-refractivity contribution in [3.05, 3.63) is 46.3 Å². The molecule has 0 radical (unpaired) electrons. The van der Waals surface area contributed by atoms with Crippen LogP contribution in [0.15, 0.2) is 40.7 Å². The van der Waals surface area contributed by atoms with Crippen molar-refractivity contribution in [1.29, 1.82) is 0 Å². The van der Waals surface area contributed by atoms with Gasteiger partial charge in [0.15, 0.2) is 5.78 Å². The Bertz CT molecular complexity index is 963. The van der Waals surface area contributed by atoms with Crippen LogP contribution in [0.1, 0.15) is 52.0 Å². The fraction of sp³-hybridized carbons (Fsp3) is 0.520. The number of carbonyl (C=O) groups excluding carboxylic acids is 2. The first-order chi connectivity index (χ1) is 15.2. The van der Waals surface area contributed by atoms with Crippen molar-refractivity contribution in [2.24, 2.45) is 5.41 Å². The van der Waals surface area contributed by atoms with E-state index in [0.717, 1.165) is 29.2 Å². The molecule has 0 spiro atoms. The monoisotopic (exact) mass is 459 g/mol. The van der Waals surface area contributed by atoms with Gasteiger partial charge >= 0.3 is 5.97 Å². The number of hydrogen-bond acceptors (Lipinski definition) is 7. The predicted octanol–water partition coefficient (Wildman–Crippen LogP) is 4.60. The molecule has 0 unspecified atom stereocenters. The van der Waals surface area contributed by atoms with Crippen molar-refractivity contribution < 1.29 is 23.8 Å². The average Bonchev–Trinajstić information content (AvgIpc) is 2.74. The molecule has 174 valence electrons. The van der Waals surface area contributed by atoms with Gasteiger partial charge in [-0.25, -0.2) is 4.79 Å². The molecule has 0 amide bonds. The summed E-state index contributed by atoms with van der Waals surface area (Å²) >= 11 is 1.72. The molecule has 32 heavy (non-hydrogen) atoms. The summed E-state index contributed by atoms with van der Waals surface area (Å²) in [6.07, 6.45) is 1.16. The van der Waals surface area contributed by atoms with E-state index >= 15 is 0 Å². The minimum Gasteiger partial charge on any atom is -0.497 e. The van der Waals surface area contributed by atoms with Crippen LogP contribution in [0.3, 0.4) is 0 Å². The van der Waals surface area contributed by atoms with Crippen LogP contribution in [0.25, 0.3) is 0 Å². The Morgan fingerprint density at radius 3 is 2.62 bits per heavy atom. The van der Waals surface area contributed by atoms with E-state index in [0.29, 0.717) is 41.4 Å². The average molecular weight is 460 g/mol. The fourth-order valence-electron chi connectivity index (χ4n) is 4.49. The number of carbonyl (C=O) groups is 2. The maximum atomic E-state index is 13.4. The summed E-state index contributed by atoms with van der Waals surface area (Å²) in [5.74, 6) is 2.01. The normalized spacial score (nSPS) is 19.9. The Morgan fingerprint density at radius 2 is 1.97 bits per heavy atom. The number of ketones is 1. The van der Waals surface area contributed by atoms with Gasteiger partial charge in [0.25, 0.3) is 0 Å². The zero-order valence-corrected chi connectivity index (χ0v) is 20.6. The van der Waals surface area contributed by atoms with Crippen LogP contribution in [0.5, 0.6) is 11.5 Å². The molecular formula is C25H33NO5S. The SMILES string of the molecule is CCSCCOC(=O)C1=C(C)NC2=C(C(=O)CC(C)(C)C2)[C@@H]1c1ccc(OC)cc1OC. The van der Waals surface area contributed by atoms with Crippen LogP contribution in [0.4, 0.5) is 0 Å². The molecule has 0 saturated heterocycles. The third-order valence-electron chi connectivity index (χ3n) is 5.88. The zero-order valence-electron chi connectivity index (χ0n) is 19.8. The molecule has 2 aliphatic rings. The molecule has 1 aliphatic heterocycles. The van der Waals surface area contributed by atoms with E-state index in [2.05, 4.69) is 26.1 Å². The maximum Gasteiger partial charge on any atom is 0.336 e. The van der Waals surface area contributed by atoms with Crippen LogP contribution >= 0.6 is 11.8 Å². The van der Waals surface area contributed by atoms with E-state index in [1.54, 1.807) is 32.0 Å². The van der Waals surface area contributed by atoms with E-state index in [-0.39, 0.29) is 11.2 Å². The van der Waals surface area contributed by atoms with Crippen molar-refractivity contribution in [3.63, 3.8) is 0 Å². The van der Waals surface area contributed by atoms with Gasteiger partial charge in [-0.3, -0.25) is 4.79 Å². The van der Waals surface area contributed by atoms with Gasteiger partial charge in [0, 0.05) is 40.8 Å². The van der Waals surface area contributed by atoms with Crippen LogP contribution in [-0.2, 0) is 14.3 Å². The topological polar surface area (TPSA) is 73.9 Å². The highest BCUT2D eigenvalue weighted by molar-refractivity contribution is 7.99. The standard InChI is InChI=1S/C25H33NO5S/c1-7-32-11-10-31-24(28)21-15(2)26-18-13-25(3,4)14-19(27)23(18)22(21)17-9-8-16(29-5)12-20(17)30-6/h8-9,12,22,26H,7,10-11,13-14H2,1-6H3/t22-/m1/s1. The summed E-state index contributed by atoms with van der Waals surface area (Å²) in [5, 5.41) is 3.36. The third-order valence-corrected chi connectivity index (χ3v) is 6.74. The van der Waals surface area contributed by atoms with E-state index in [1.165, 1.54) is 0 Å². The van der Waals surface area contributed by atoms with Gasteiger partial charge in [0.05, 0.1) is 25.7 Å². The van der Waals surface area contributed by atoms with Crippen molar-refractivity contribution in [3.8, 4) is 11.5 Å². The number of allylic oxidation sites excluding steroid dienone is 3. The highest BCUT2D eigenvalue weighted by Crippen LogP contribution is 2.49. The van der Waals surface area contributed by atoms with Gasteiger partial charge in [0.2, 0.25) is 0 Å². The highest BCUT2D eigenvalue weighted by atomic mass is 32.2. The molecule has 7 heteroatoms. The first-order valence-corrected chi connectivity index (χ1v) is 12.1. The summed E-state index contributed by atoms with van der Waals surface area (Å²) in [4.78, 5) is 26.6. The van der Waals surface area contributed by atoms with Crippen LogP contribution in [-0.4, -0.2) is 44.1 Å². The van der Waals surface area contributed by atoms with Gasteiger partial charge in [-0.1, -0.05) is 26.8 Å². The summed E-state index contributed by atoms with van der Waals surface area (Å²) in [7, 11) is 3.17. The Morgan fingerprint density at radius 1 is 1.22 bits per heavy atom. The number of methoxy groups -OCH3 is 2. The number of rotatable bonds is 8. The molecule has 1 aromatic rings. The molecule has 0 bridgehead atoms. The lowest BCUT2D eigenvalue weighted by molar-refractivity contribution is -0.138. The van der Waals surface area contributed by atoms with Crippen LogP contribution < -0.4 is 14.8 Å². The van der Waals surface area contributed by atoms with Crippen molar-refractivity contribution in [1.82, 2.24) is 5.32 Å². The molecule has 0 aromatic heterocycles. The Hall–Kier alpha value is -2.41. The maximum absolute atomic E-state index is 13.4. The van der Waals surface area contributed by atoms with Crippen molar-refractivity contribution in [2.45, 2.75) is 46.5 Å². The highest BCUT2D eigenvalue weighted by Gasteiger charge is 2.44. The van der Waals surface area contributed by atoms with Crippen molar-refractivity contribution in [2.75, 3.05) is 32.3 Å². The molecule has 1 atom stereocenters. The molecule has 1 aromatic carbocycles. The van der Waals surface area contributed by atoms with Gasteiger partial charge < -0.3 is 19.5 Å². The molecule has 1 aliphatic carbocycles. The van der Waals surface area contributed by atoms with E-state index in [1.807, 2.05) is 19.1 Å². The van der Waals surface area contributed by atoms with Gasteiger partial charge in [-0.15, -0.1) is 0 Å². The summed E-state index contributed by atoms with van der Waals surface area (Å²) in [6.45, 7) is 8.45. The molecule has 1 N–H and O–H groups in total. The van der Waals surface area contributed by atoms with Gasteiger partial charge in [-0.2, -0.15) is 11.8 Å². The second kappa shape index (κ2) is 10.0. The zero-order chi connectivity index (χ0) is 23.5. The quantitative estimate of drug-likeness (QED) is 0.450. The first-order valence-electron chi connectivity index (χ1n) is 10.9. The van der Waals surface area contributed by atoms with E-state index < -0.39 is 11.9 Å². The second-order valence-corrected chi connectivity index (χ2v) is 10.3. The van der Waals surface area contributed by atoms with Crippen LogP contribution in [0, 0.1) is 5.41 Å². The van der Waals surface area contributed by atoms with Crippen LogP contribution in [0.2, 0.25) is 0 Å². The number of ether oxygens (including phenoxy) is 3. The lowest BCUT2D eigenvalue weighted by Gasteiger charge is -2.39. The minimum atomic E-state index is -0.554. The largest absolute Gasteiger partial charge is 0.497 e. The van der Waals surface area contributed by atoms with E-state index in [9.17, 15) is 9.59 Å². The second-order valence-electron chi connectivity index (χ2n) is 8.87. The number of thioether (sulfide) groups is 1. The van der Waals surface area contributed by atoms with E-state index in [4.69, 9.17) is 14.2 Å². The minimum absolute atomic E-state index is 0.0472. The predicted molar refractivity (Wildman–Crippen MR) is 127 cm³/mol. The summed E-state index contributed by atoms with van der Waals surface area (Å²) in [5.41, 5.74) is 3.29. The van der Waals surface area contributed by atoms with Gasteiger partial charge in [0.1, 0.15) is 18.1 Å². The van der Waals surface area contributed by atoms with Crippen molar-refractivity contribution >= 4 is 23.5 Å². The molecule has 1 heterocycles. The molecule has 0 saturated carbocycles. The number of hydrogen-bond donors (Lipinski definition) is 1. The summed E-state index contributed by atoms with van der Waals surface area (Å²) in [6, 6.07) is 5.48. The molecule has 3 rings (SSSR count). The number of Topliss-reactive ketones (excluding diaryl/α,β-unsaturated/α-hetero) is 1. The Balaban J connectivity index is 2.11. The number of nitrogens with one attached hydrogen (secondary N) is 1. The Labute approximate surface area is 194 Å². The number of dihydropyridines is 1. The lowest BCUT2D eigenvalue weighted by atomic mass is 9.68. The fourth-order valence-corrected chi connectivity index (χ4v) is 4.98. The third kappa shape index (κ3) is 4.98.